The SMILES string of the molecule is [2H][C@]12C[C@H](Oc3ccc(-c4ccc(-n5ccnc5)cc4O)nn3)C[C@](C)(N1)[C@H](F)C2. The van der Waals surface area contributed by atoms with Crippen LogP contribution >= 0.6 is 0 Å². The number of halogens is 1. The van der Waals surface area contributed by atoms with E-state index in [0.717, 1.165) is 5.69 Å². The Kier molecular flexibility index (Phi) is 3.97. The number of hydrogen-bond acceptors (Lipinski definition) is 6. The zero-order chi connectivity index (χ0) is 20.9. The van der Waals surface area contributed by atoms with E-state index < -0.39 is 17.7 Å². The van der Waals surface area contributed by atoms with Gasteiger partial charge in [-0.05, 0) is 38.0 Å². The molecule has 0 saturated carbocycles. The third-order valence-electron chi connectivity index (χ3n) is 5.69. The van der Waals surface area contributed by atoms with Crippen molar-refractivity contribution in [1.82, 2.24) is 25.1 Å². The molecule has 3 aromatic rings. The number of ether oxygens (including phenoxy) is 1. The van der Waals surface area contributed by atoms with Crippen LogP contribution in [0.15, 0.2) is 49.1 Å². The van der Waals surface area contributed by atoms with Gasteiger partial charge in [0.15, 0.2) is 0 Å². The first-order valence-electron chi connectivity index (χ1n) is 10.1. The molecule has 2 N–H and O–H groups in total. The molecule has 7 nitrogen and oxygen atoms in total. The summed E-state index contributed by atoms with van der Waals surface area (Å²) in [4.78, 5) is 4.00. The van der Waals surface area contributed by atoms with Crippen molar-refractivity contribution in [3.8, 4) is 28.6 Å². The number of rotatable bonds is 4. The molecule has 2 saturated heterocycles. The van der Waals surface area contributed by atoms with Crippen molar-refractivity contribution in [3.63, 3.8) is 0 Å². The van der Waals surface area contributed by atoms with Crippen molar-refractivity contribution >= 4 is 0 Å². The van der Waals surface area contributed by atoms with Crippen molar-refractivity contribution < 1.29 is 15.6 Å². The molecule has 29 heavy (non-hydrogen) atoms. The topological polar surface area (TPSA) is 85.1 Å². The molecule has 2 aliphatic rings. The summed E-state index contributed by atoms with van der Waals surface area (Å²) >= 11 is 0. The van der Waals surface area contributed by atoms with Crippen LogP contribution in [0.5, 0.6) is 11.6 Å². The number of aromatic hydroxyl groups is 1. The largest absolute Gasteiger partial charge is 0.507 e. The molecule has 150 valence electrons. The van der Waals surface area contributed by atoms with Crippen molar-refractivity contribution in [2.24, 2.45) is 0 Å². The van der Waals surface area contributed by atoms with Gasteiger partial charge in [-0.15, -0.1) is 10.2 Å². The molecule has 0 radical (unpaired) electrons. The van der Waals surface area contributed by atoms with Gasteiger partial charge >= 0.3 is 0 Å². The first-order chi connectivity index (χ1) is 14.3. The van der Waals surface area contributed by atoms with Gasteiger partial charge in [-0.2, -0.15) is 0 Å². The van der Waals surface area contributed by atoms with E-state index in [-0.39, 0.29) is 18.3 Å². The molecule has 2 aliphatic heterocycles. The predicted octanol–water partition coefficient (Wildman–Crippen LogP) is 3.03. The Morgan fingerprint density at radius 2 is 2.21 bits per heavy atom. The summed E-state index contributed by atoms with van der Waals surface area (Å²) in [5.74, 6) is 0.402. The van der Waals surface area contributed by atoms with Gasteiger partial charge < -0.3 is 19.7 Å². The summed E-state index contributed by atoms with van der Waals surface area (Å²) < 4.78 is 30.4. The quantitative estimate of drug-likeness (QED) is 0.705. The number of phenolic OH excluding ortho intramolecular Hbond substituents is 1. The fourth-order valence-corrected chi connectivity index (χ4v) is 4.20. The average molecular weight is 396 g/mol. The second-order valence-electron chi connectivity index (χ2n) is 7.89. The van der Waals surface area contributed by atoms with E-state index in [0.29, 0.717) is 30.0 Å². The fourth-order valence-electron chi connectivity index (χ4n) is 4.20. The minimum absolute atomic E-state index is 0.0807. The highest BCUT2D eigenvalue weighted by Crippen LogP contribution is 2.39. The van der Waals surface area contributed by atoms with Crippen molar-refractivity contribution in [2.45, 2.75) is 50.0 Å². The molecule has 2 fully saturated rings. The Hall–Kier alpha value is -3.00. The molecule has 0 spiro atoms. The number of hydrogen-bond donors (Lipinski definition) is 2. The highest BCUT2D eigenvalue weighted by atomic mass is 19.1. The van der Waals surface area contributed by atoms with Crippen LogP contribution in [0.4, 0.5) is 4.39 Å². The number of nitrogens with one attached hydrogen (secondary N) is 1. The minimum atomic E-state index is -1.06. The van der Waals surface area contributed by atoms with Gasteiger partial charge in [-0.25, -0.2) is 9.37 Å². The van der Waals surface area contributed by atoms with Crippen LogP contribution in [0.25, 0.3) is 16.9 Å². The monoisotopic (exact) mass is 396 g/mol. The van der Waals surface area contributed by atoms with Crippen molar-refractivity contribution in [3.05, 3.63) is 49.1 Å². The molecule has 2 bridgehead atoms. The third-order valence-corrected chi connectivity index (χ3v) is 5.69. The van der Waals surface area contributed by atoms with Crippen LogP contribution in [-0.4, -0.2) is 48.7 Å². The normalized spacial score (nSPS) is 31.4. The Morgan fingerprint density at radius 1 is 1.31 bits per heavy atom. The Labute approximate surface area is 169 Å². The molecule has 5 rings (SSSR count). The fraction of sp³-hybridized carbons (Fsp3) is 0.381. The van der Waals surface area contributed by atoms with Gasteiger partial charge in [0.1, 0.15) is 18.0 Å². The number of piperidine rings is 1. The maximum atomic E-state index is 14.3. The summed E-state index contributed by atoms with van der Waals surface area (Å²) in [6, 6.07) is 7.66. The zero-order valence-electron chi connectivity index (χ0n) is 16.9. The molecule has 0 aliphatic carbocycles. The Bertz CT molecular complexity index is 1060. The van der Waals surface area contributed by atoms with Gasteiger partial charge in [-0.1, -0.05) is 0 Å². The van der Waals surface area contributed by atoms with E-state index in [2.05, 4.69) is 20.5 Å². The molecule has 1 aromatic carbocycles. The number of fused-ring (bicyclic) bond motifs is 2. The first-order valence-corrected chi connectivity index (χ1v) is 9.59. The lowest BCUT2D eigenvalue weighted by atomic mass is 9.90. The van der Waals surface area contributed by atoms with E-state index >= 15 is 0 Å². The lowest BCUT2D eigenvalue weighted by Crippen LogP contribution is -2.53. The summed E-state index contributed by atoms with van der Waals surface area (Å²) in [7, 11) is 0. The second-order valence-corrected chi connectivity index (χ2v) is 7.89. The number of alkyl halides is 1. The molecule has 8 heteroatoms. The van der Waals surface area contributed by atoms with E-state index in [1.165, 1.54) is 0 Å². The molecular weight excluding hydrogens is 373 g/mol. The first kappa shape index (κ1) is 16.9. The summed E-state index contributed by atoms with van der Waals surface area (Å²) in [5.41, 5.74) is 1.10. The molecule has 4 atom stereocenters. The van der Waals surface area contributed by atoms with Crippen molar-refractivity contribution in [2.75, 3.05) is 0 Å². The van der Waals surface area contributed by atoms with E-state index in [4.69, 9.17) is 6.11 Å². The average Bonchev–Trinajstić information content (AvgIpc) is 3.27. The van der Waals surface area contributed by atoms with Crippen LogP contribution in [0.2, 0.25) is 0 Å². The molecule has 0 amide bonds. The van der Waals surface area contributed by atoms with Crippen molar-refractivity contribution in [1.29, 1.82) is 0 Å². The smallest absolute Gasteiger partial charge is 0.233 e. The predicted molar refractivity (Wildman–Crippen MR) is 105 cm³/mol. The number of imidazole rings is 1. The maximum absolute atomic E-state index is 14.3. The third kappa shape index (κ3) is 3.33. The molecule has 2 aromatic heterocycles. The highest BCUT2D eigenvalue weighted by Gasteiger charge is 2.50. The van der Waals surface area contributed by atoms with Gasteiger partial charge in [0.05, 0.1) is 23.2 Å². The Balaban J connectivity index is 1.32. The van der Waals surface area contributed by atoms with Gasteiger partial charge in [0, 0.05) is 43.9 Å². The van der Waals surface area contributed by atoms with Crippen LogP contribution in [-0.2, 0) is 0 Å². The van der Waals surface area contributed by atoms with E-state index in [9.17, 15) is 9.50 Å². The Morgan fingerprint density at radius 3 is 2.90 bits per heavy atom. The molecular formula is C21H22FN5O2. The zero-order valence-corrected chi connectivity index (χ0v) is 15.9. The van der Waals surface area contributed by atoms with E-state index in [1.807, 2.05) is 6.07 Å². The van der Waals surface area contributed by atoms with Crippen LogP contribution in [0.1, 0.15) is 27.6 Å². The summed E-state index contributed by atoms with van der Waals surface area (Å²) in [5, 5.41) is 21.8. The highest BCUT2D eigenvalue weighted by molar-refractivity contribution is 5.68. The van der Waals surface area contributed by atoms with Gasteiger partial charge in [-0.3, -0.25) is 0 Å². The lowest BCUT2D eigenvalue weighted by molar-refractivity contribution is 0.0837. The van der Waals surface area contributed by atoms with Crippen LogP contribution in [0.3, 0.4) is 0 Å². The lowest BCUT2D eigenvalue weighted by Gasteiger charge is -2.36. The van der Waals surface area contributed by atoms with Gasteiger partial charge in [0.2, 0.25) is 5.88 Å². The molecule has 4 heterocycles. The minimum Gasteiger partial charge on any atom is -0.507 e. The maximum Gasteiger partial charge on any atom is 0.233 e. The second kappa shape index (κ2) is 6.81. The number of nitrogens with zero attached hydrogens (tertiary/aromatic N) is 4. The van der Waals surface area contributed by atoms with Crippen LogP contribution in [0, 0.1) is 0 Å². The molecule has 0 unspecified atom stereocenters. The number of aromatic nitrogens is 4. The summed E-state index contributed by atoms with van der Waals surface area (Å²) in [6.07, 6.45) is 4.77. The van der Waals surface area contributed by atoms with Crippen LogP contribution < -0.4 is 10.1 Å². The van der Waals surface area contributed by atoms with E-state index in [1.54, 1.807) is 54.5 Å². The van der Waals surface area contributed by atoms with Gasteiger partial charge in [0.25, 0.3) is 0 Å². The number of benzene rings is 1. The summed E-state index contributed by atoms with van der Waals surface area (Å²) in [6.45, 7) is 1.80. The standard InChI is InChI=1S/C21H22FN5O2/c1-21-11-15(8-13(24-21)9-19(21)22)29-20-5-4-17(25-26-20)16-3-2-14(10-18(16)28)27-7-6-23-12-27/h2-7,10,12-13,15,19,24,28H,8-9,11H2,1H3/t13-,15+,19-,21+/m1/s1/i13D. The number of phenols is 1.